The molecule has 0 unspecified atom stereocenters. The lowest BCUT2D eigenvalue weighted by molar-refractivity contribution is -0.141. The number of benzene rings is 1. The summed E-state index contributed by atoms with van der Waals surface area (Å²) in [6.45, 7) is 14.9. The standard InChI is InChI=1S/C24H35N3O2/c1-23(2,3)15-21-25-19(14-17-8-10-18(29-7)11-9-17)20-16-26(12-13-27(20)21)22(28)24(4,5)6/h8-11H,12-16H2,1-7H3. The minimum atomic E-state index is -0.368. The zero-order valence-electron chi connectivity index (χ0n) is 19.0. The van der Waals surface area contributed by atoms with E-state index in [1.54, 1.807) is 7.11 Å². The van der Waals surface area contributed by atoms with Crippen molar-refractivity contribution in [1.29, 1.82) is 0 Å². The highest BCUT2D eigenvalue weighted by molar-refractivity contribution is 5.81. The van der Waals surface area contributed by atoms with E-state index in [0.717, 1.165) is 43.2 Å². The molecule has 0 N–H and O–H groups in total. The number of carbonyl (C=O) groups excluding carboxylic acids is 1. The number of methoxy groups -OCH3 is 1. The van der Waals surface area contributed by atoms with Crippen molar-refractivity contribution in [1.82, 2.24) is 14.5 Å². The van der Waals surface area contributed by atoms with Gasteiger partial charge in [-0.05, 0) is 23.1 Å². The molecule has 2 aromatic rings. The molecule has 0 aliphatic carbocycles. The smallest absolute Gasteiger partial charge is 0.228 e. The van der Waals surface area contributed by atoms with Crippen molar-refractivity contribution >= 4 is 5.91 Å². The molecule has 5 nitrogen and oxygen atoms in total. The first-order valence-corrected chi connectivity index (χ1v) is 10.5. The highest BCUT2D eigenvalue weighted by atomic mass is 16.5. The van der Waals surface area contributed by atoms with Crippen LogP contribution >= 0.6 is 0 Å². The molecule has 1 aliphatic rings. The Balaban J connectivity index is 1.94. The lowest BCUT2D eigenvalue weighted by Gasteiger charge is -2.34. The summed E-state index contributed by atoms with van der Waals surface area (Å²) in [6, 6.07) is 8.16. The number of carbonyl (C=O) groups is 1. The van der Waals surface area contributed by atoms with Gasteiger partial charge in [0, 0.05) is 31.3 Å². The van der Waals surface area contributed by atoms with Crippen LogP contribution in [-0.4, -0.2) is 34.0 Å². The number of rotatable bonds is 4. The van der Waals surface area contributed by atoms with Crippen LogP contribution in [-0.2, 0) is 30.7 Å². The molecular formula is C24H35N3O2. The number of ether oxygens (including phenoxy) is 1. The number of aromatic nitrogens is 2. The molecule has 0 radical (unpaired) electrons. The van der Waals surface area contributed by atoms with Crippen molar-refractivity contribution in [2.75, 3.05) is 13.7 Å². The van der Waals surface area contributed by atoms with E-state index in [4.69, 9.17) is 9.72 Å². The molecule has 1 amide bonds. The van der Waals surface area contributed by atoms with Gasteiger partial charge in [0.05, 0.1) is 25.0 Å². The van der Waals surface area contributed by atoms with Gasteiger partial charge in [0.25, 0.3) is 0 Å². The van der Waals surface area contributed by atoms with Gasteiger partial charge in [-0.15, -0.1) is 0 Å². The van der Waals surface area contributed by atoms with Crippen molar-refractivity contribution < 1.29 is 9.53 Å². The predicted molar refractivity (Wildman–Crippen MR) is 116 cm³/mol. The number of fused-ring (bicyclic) bond motifs is 1. The lowest BCUT2D eigenvalue weighted by atomic mass is 9.92. The summed E-state index contributed by atoms with van der Waals surface area (Å²) in [7, 11) is 1.68. The molecular weight excluding hydrogens is 362 g/mol. The molecule has 1 aromatic heterocycles. The van der Waals surface area contributed by atoms with Crippen LogP contribution in [0.5, 0.6) is 5.75 Å². The summed E-state index contributed by atoms with van der Waals surface area (Å²) in [5.74, 6) is 2.20. The summed E-state index contributed by atoms with van der Waals surface area (Å²) in [4.78, 5) is 19.9. The fourth-order valence-electron chi connectivity index (χ4n) is 3.85. The molecule has 0 fully saturated rings. The van der Waals surface area contributed by atoms with Gasteiger partial charge in [-0.1, -0.05) is 53.7 Å². The number of nitrogens with zero attached hydrogens (tertiary/aromatic N) is 3. The van der Waals surface area contributed by atoms with E-state index in [1.165, 1.54) is 11.3 Å². The number of imidazole rings is 1. The largest absolute Gasteiger partial charge is 0.497 e. The molecule has 1 aromatic carbocycles. The number of amides is 1. The van der Waals surface area contributed by atoms with Crippen LogP contribution in [0.2, 0.25) is 0 Å². The van der Waals surface area contributed by atoms with Gasteiger partial charge in [0.1, 0.15) is 11.6 Å². The maximum atomic E-state index is 12.9. The van der Waals surface area contributed by atoms with Crippen LogP contribution in [0.3, 0.4) is 0 Å². The van der Waals surface area contributed by atoms with Crippen molar-refractivity contribution in [3.63, 3.8) is 0 Å². The fraction of sp³-hybridized carbons (Fsp3) is 0.583. The maximum absolute atomic E-state index is 12.9. The molecule has 3 rings (SSSR count). The maximum Gasteiger partial charge on any atom is 0.228 e. The number of hydrogen-bond donors (Lipinski definition) is 0. The van der Waals surface area contributed by atoms with Crippen molar-refractivity contribution in [2.24, 2.45) is 10.8 Å². The molecule has 29 heavy (non-hydrogen) atoms. The van der Waals surface area contributed by atoms with Crippen molar-refractivity contribution in [3.8, 4) is 5.75 Å². The first-order valence-electron chi connectivity index (χ1n) is 10.5. The van der Waals surface area contributed by atoms with Gasteiger partial charge < -0.3 is 14.2 Å². The first kappa shape index (κ1) is 21.4. The quantitative estimate of drug-likeness (QED) is 0.765. The summed E-state index contributed by atoms with van der Waals surface area (Å²) < 4.78 is 7.63. The van der Waals surface area contributed by atoms with Crippen LogP contribution in [0.15, 0.2) is 24.3 Å². The van der Waals surface area contributed by atoms with E-state index in [-0.39, 0.29) is 16.7 Å². The zero-order chi connectivity index (χ0) is 21.4. The minimum Gasteiger partial charge on any atom is -0.497 e. The summed E-state index contributed by atoms with van der Waals surface area (Å²) in [6.07, 6.45) is 1.69. The topological polar surface area (TPSA) is 47.4 Å². The molecule has 0 spiro atoms. The Kier molecular flexibility index (Phi) is 5.79. The van der Waals surface area contributed by atoms with E-state index in [9.17, 15) is 4.79 Å². The van der Waals surface area contributed by atoms with Crippen LogP contribution in [0.4, 0.5) is 0 Å². The SMILES string of the molecule is COc1ccc(Cc2nc(CC(C)(C)C)n3c2CN(C(=O)C(C)(C)C)CC3)cc1. The summed E-state index contributed by atoms with van der Waals surface area (Å²) in [5.41, 5.74) is 3.27. The Morgan fingerprint density at radius 3 is 2.28 bits per heavy atom. The average molecular weight is 398 g/mol. The van der Waals surface area contributed by atoms with Crippen LogP contribution in [0.1, 0.15) is 64.3 Å². The van der Waals surface area contributed by atoms with E-state index < -0.39 is 0 Å². The second kappa shape index (κ2) is 7.85. The molecule has 2 heterocycles. The van der Waals surface area contributed by atoms with E-state index in [0.29, 0.717) is 6.54 Å². The average Bonchev–Trinajstić information content (AvgIpc) is 2.96. The van der Waals surface area contributed by atoms with Gasteiger partial charge in [-0.2, -0.15) is 0 Å². The zero-order valence-corrected chi connectivity index (χ0v) is 19.0. The molecule has 0 saturated carbocycles. The summed E-state index contributed by atoms with van der Waals surface area (Å²) >= 11 is 0. The third-order valence-electron chi connectivity index (χ3n) is 5.32. The molecule has 1 aliphatic heterocycles. The lowest BCUT2D eigenvalue weighted by Crippen LogP contribution is -2.44. The van der Waals surface area contributed by atoms with Crippen molar-refractivity contribution in [2.45, 2.75) is 67.5 Å². The highest BCUT2D eigenvalue weighted by Gasteiger charge is 2.32. The molecule has 0 saturated heterocycles. The second-order valence-electron chi connectivity index (χ2n) is 10.3. The third kappa shape index (κ3) is 5.01. The highest BCUT2D eigenvalue weighted by Crippen LogP contribution is 2.29. The Bertz CT molecular complexity index is 867. The first-order chi connectivity index (χ1) is 13.5. The van der Waals surface area contributed by atoms with E-state index in [1.807, 2.05) is 37.8 Å². The minimum absolute atomic E-state index is 0.165. The Labute approximate surface area is 175 Å². The van der Waals surface area contributed by atoms with Gasteiger partial charge in [0.15, 0.2) is 0 Å². The Morgan fingerprint density at radius 2 is 1.72 bits per heavy atom. The van der Waals surface area contributed by atoms with E-state index >= 15 is 0 Å². The van der Waals surface area contributed by atoms with Gasteiger partial charge >= 0.3 is 0 Å². The van der Waals surface area contributed by atoms with Gasteiger partial charge in [0.2, 0.25) is 5.91 Å². The van der Waals surface area contributed by atoms with Gasteiger partial charge in [-0.25, -0.2) is 4.98 Å². The van der Waals surface area contributed by atoms with Crippen LogP contribution in [0, 0.1) is 10.8 Å². The molecule has 5 heteroatoms. The monoisotopic (exact) mass is 397 g/mol. The number of hydrogen-bond acceptors (Lipinski definition) is 3. The Hall–Kier alpha value is -2.30. The predicted octanol–water partition coefficient (Wildman–Crippen LogP) is 4.46. The molecule has 0 atom stereocenters. The van der Waals surface area contributed by atoms with Crippen LogP contribution in [0.25, 0.3) is 0 Å². The normalized spacial score (nSPS) is 14.7. The molecule has 0 bridgehead atoms. The van der Waals surface area contributed by atoms with Crippen molar-refractivity contribution in [3.05, 3.63) is 47.0 Å². The molecule has 158 valence electrons. The van der Waals surface area contributed by atoms with Crippen LogP contribution < -0.4 is 4.74 Å². The fourth-order valence-corrected chi connectivity index (χ4v) is 3.85. The van der Waals surface area contributed by atoms with E-state index in [2.05, 4.69) is 37.5 Å². The van der Waals surface area contributed by atoms with Gasteiger partial charge in [-0.3, -0.25) is 4.79 Å². The second-order valence-corrected chi connectivity index (χ2v) is 10.3. The summed E-state index contributed by atoms with van der Waals surface area (Å²) in [5, 5.41) is 0. The third-order valence-corrected chi connectivity index (χ3v) is 5.32. The Morgan fingerprint density at radius 1 is 1.07 bits per heavy atom.